The van der Waals surface area contributed by atoms with Gasteiger partial charge in [-0.25, -0.2) is 4.39 Å². The predicted octanol–water partition coefficient (Wildman–Crippen LogP) is 3.67. The Morgan fingerprint density at radius 1 is 1.17 bits per heavy atom. The highest BCUT2D eigenvalue weighted by molar-refractivity contribution is 7.15. The van der Waals surface area contributed by atoms with Crippen molar-refractivity contribution in [1.82, 2.24) is 29.8 Å². The summed E-state index contributed by atoms with van der Waals surface area (Å²) >= 11 is 7.40. The third-order valence-electron chi connectivity index (χ3n) is 4.09. The van der Waals surface area contributed by atoms with E-state index in [4.69, 9.17) is 11.6 Å². The standard InChI is InChI=1S/C17H14ClFN8O2S/c18-12-2-1-3-13(19)11(12)10-26-7-4-14(23-26)20-17-22-21-16(30-17)6-9-25-8-5-15(24-25)27(28)29/h1-5,7-8H,6,9-10H2,(H,20,22,23). The quantitative estimate of drug-likeness (QED) is 0.323. The second kappa shape index (κ2) is 8.55. The third kappa shape index (κ3) is 4.60. The maximum absolute atomic E-state index is 13.9. The largest absolute Gasteiger partial charge is 0.389 e. The highest BCUT2D eigenvalue weighted by Crippen LogP contribution is 2.22. The van der Waals surface area contributed by atoms with Crippen molar-refractivity contribution in [2.45, 2.75) is 19.5 Å². The van der Waals surface area contributed by atoms with Crippen molar-refractivity contribution in [3.05, 3.63) is 74.3 Å². The first-order valence-corrected chi connectivity index (χ1v) is 9.91. The first-order chi connectivity index (χ1) is 14.5. The molecule has 0 saturated carbocycles. The Bertz CT molecular complexity index is 1170. The Kier molecular flexibility index (Phi) is 5.68. The molecule has 1 N–H and O–H groups in total. The van der Waals surface area contributed by atoms with Crippen LogP contribution in [0, 0.1) is 15.9 Å². The molecular weight excluding hydrogens is 435 g/mol. The van der Waals surface area contributed by atoms with Gasteiger partial charge in [-0.15, -0.1) is 10.2 Å². The lowest BCUT2D eigenvalue weighted by molar-refractivity contribution is -0.389. The molecule has 0 fully saturated rings. The van der Waals surface area contributed by atoms with Crippen LogP contribution >= 0.6 is 22.9 Å². The summed E-state index contributed by atoms with van der Waals surface area (Å²) in [6.07, 6.45) is 3.78. The molecule has 0 atom stereocenters. The lowest BCUT2D eigenvalue weighted by Gasteiger charge is -2.05. The van der Waals surface area contributed by atoms with E-state index in [0.717, 1.165) is 5.01 Å². The van der Waals surface area contributed by atoms with Crippen molar-refractivity contribution in [3.8, 4) is 0 Å². The molecule has 0 aliphatic rings. The minimum atomic E-state index is -0.539. The van der Waals surface area contributed by atoms with E-state index in [1.807, 2.05) is 0 Å². The Balaban J connectivity index is 1.35. The Labute approximate surface area is 178 Å². The number of hydrogen-bond donors (Lipinski definition) is 1. The molecule has 1 aromatic carbocycles. The number of aryl methyl sites for hydroxylation is 2. The maximum atomic E-state index is 13.9. The summed E-state index contributed by atoms with van der Waals surface area (Å²) in [6, 6.07) is 7.62. The van der Waals surface area contributed by atoms with E-state index in [1.54, 1.807) is 35.3 Å². The SMILES string of the molecule is O=[N+]([O-])c1ccn(CCc2nnc(Nc3ccn(Cc4c(F)cccc4Cl)n3)s2)n1. The number of rotatable bonds is 8. The van der Waals surface area contributed by atoms with Gasteiger partial charge in [0.25, 0.3) is 0 Å². The van der Waals surface area contributed by atoms with Crippen molar-refractivity contribution in [2.24, 2.45) is 0 Å². The molecule has 3 heterocycles. The third-order valence-corrected chi connectivity index (χ3v) is 5.35. The molecule has 0 aliphatic heterocycles. The van der Waals surface area contributed by atoms with Gasteiger partial charge in [-0.2, -0.15) is 9.78 Å². The van der Waals surface area contributed by atoms with E-state index in [2.05, 4.69) is 25.7 Å². The summed E-state index contributed by atoms with van der Waals surface area (Å²) in [5.74, 6) is -0.0430. The number of nitro groups is 1. The lowest BCUT2D eigenvalue weighted by atomic mass is 10.2. The zero-order valence-electron chi connectivity index (χ0n) is 15.3. The minimum absolute atomic E-state index is 0.193. The average Bonchev–Trinajstić information content (AvgIpc) is 3.45. The molecule has 4 aromatic rings. The number of aromatic nitrogens is 6. The molecule has 0 radical (unpaired) electrons. The van der Waals surface area contributed by atoms with E-state index in [9.17, 15) is 14.5 Å². The summed E-state index contributed by atoms with van der Waals surface area (Å²) in [4.78, 5) is 10.1. The smallest absolute Gasteiger partial charge is 0.358 e. The van der Waals surface area contributed by atoms with Gasteiger partial charge >= 0.3 is 5.82 Å². The van der Waals surface area contributed by atoms with Crippen LogP contribution in [0.2, 0.25) is 5.02 Å². The normalized spacial score (nSPS) is 11.0. The zero-order valence-corrected chi connectivity index (χ0v) is 16.8. The van der Waals surface area contributed by atoms with Crippen LogP contribution in [0.5, 0.6) is 0 Å². The Morgan fingerprint density at radius 2 is 2.00 bits per heavy atom. The second-order valence-corrected chi connectivity index (χ2v) is 7.64. The topological polar surface area (TPSA) is 117 Å². The van der Waals surface area contributed by atoms with Crippen LogP contribution in [-0.4, -0.2) is 34.7 Å². The molecule has 0 spiro atoms. The summed E-state index contributed by atoms with van der Waals surface area (Å²) in [5, 5.41) is 31.7. The second-order valence-electron chi connectivity index (χ2n) is 6.17. The monoisotopic (exact) mass is 448 g/mol. The van der Waals surface area contributed by atoms with Crippen LogP contribution in [-0.2, 0) is 19.5 Å². The van der Waals surface area contributed by atoms with E-state index in [1.165, 1.54) is 28.2 Å². The zero-order chi connectivity index (χ0) is 21.1. The van der Waals surface area contributed by atoms with Gasteiger partial charge in [0.15, 0.2) is 5.82 Å². The minimum Gasteiger partial charge on any atom is -0.358 e. The van der Waals surface area contributed by atoms with Crippen molar-refractivity contribution in [2.75, 3.05) is 5.32 Å². The number of anilines is 2. The van der Waals surface area contributed by atoms with Gasteiger partial charge in [0, 0.05) is 29.3 Å². The van der Waals surface area contributed by atoms with Crippen LogP contribution in [0.4, 0.5) is 21.2 Å². The molecule has 4 rings (SSSR count). The fraction of sp³-hybridized carbons (Fsp3) is 0.176. The Morgan fingerprint density at radius 3 is 2.77 bits per heavy atom. The Hall–Kier alpha value is -3.38. The molecule has 0 amide bonds. The number of nitrogens with one attached hydrogen (secondary N) is 1. The van der Waals surface area contributed by atoms with Crippen LogP contribution in [0.25, 0.3) is 0 Å². The van der Waals surface area contributed by atoms with Crippen molar-refractivity contribution < 1.29 is 9.31 Å². The molecule has 10 nitrogen and oxygen atoms in total. The molecule has 154 valence electrons. The fourth-order valence-corrected chi connectivity index (χ4v) is 3.62. The highest BCUT2D eigenvalue weighted by atomic mass is 35.5. The molecule has 30 heavy (non-hydrogen) atoms. The first-order valence-electron chi connectivity index (χ1n) is 8.71. The van der Waals surface area contributed by atoms with Crippen LogP contribution in [0.3, 0.4) is 0 Å². The van der Waals surface area contributed by atoms with E-state index in [-0.39, 0.29) is 18.2 Å². The first kappa shape index (κ1) is 19.9. The summed E-state index contributed by atoms with van der Waals surface area (Å²) in [5.41, 5.74) is 0.367. The molecular formula is C17H14ClFN8O2S. The summed E-state index contributed by atoms with van der Waals surface area (Å²) in [7, 11) is 0. The molecule has 0 aliphatic carbocycles. The highest BCUT2D eigenvalue weighted by Gasteiger charge is 2.13. The number of nitrogens with zero attached hydrogens (tertiary/aromatic N) is 7. The van der Waals surface area contributed by atoms with Gasteiger partial charge in [0.05, 0.1) is 30.5 Å². The van der Waals surface area contributed by atoms with Gasteiger partial charge in [-0.1, -0.05) is 29.0 Å². The van der Waals surface area contributed by atoms with Crippen molar-refractivity contribution in [1.29, 1.82) is 0 Å². The van der Waals surface area contributed by atoms with E-state index in [0.29, 0.717) is 34.5 Å². The molecule has 0 unspecified atom stereocenters. The molecule has 0 bridgehead atoms. The van der Waals surface area contributed by atoms with Crippen LogP contribution in [0.15, 0.2) is 42.7 Å². The lowest BCUT2D eigenvalue weighted by Crippen LogP contribution is -2.04. The van der Waals surface area contributed by atoms with Crippen LogP contribution < -0.4 is 5.32 Å². The van der Waals surface area contributed by atoms with Gasteiger partial charge in [-0.05, 0) is 17.1 Å². The number of benzene rings is 1. The molecule has 0 saturated heterocycles. The molecule has 3 aromatic heterocycles. The predicted molar refractivity (Wildman–Crippen MR) is 109 cm³/mol. The van der Waals surface area contributed by atoms with Crippen LogP contribution in [0.1, 0.15) is 10.6 Å². The van der Waals surface area contributed by atoms with Crippen molar-refractivity contribution in [3.63, 3.8) is 0 Å². The maximum Gasteiger partial charge on any atom is 0.389 e. The van der Waals surface area contributed by atoms with E-state index < -0.39 is 4.92 Å². The van der Waals surface area contributed by atoms with Gasteiger partial charge in [0.2, 0.25) is 5.13 Å². The summed E-state index contributed by atoms with van der Waals surface area (Å²) in [6.45, 7) is 0.644. The fourth-order valence-electron chi connectivity index (χ4n) is 2.66. The van der Waals surface area contributed by atoms with E-state index >= 15 is 0 Å². The summed E-state index contributed by atoms with van der Waals surface area (Å²) < 4.78 is 17.0. The number of hydrogen-bond acceptors (Lipinski definition) is 8. The number of halogens is 2. The molecule has 13 heteroatoms. The van der Waals surface area contributed by atoms with Gasteiger partial charge in [0.1, 0.15) is 10.8 Å². The van der Waals surface area contributed by atoms with Crippen molar-refractivity contribution >= 4 is 39.7 Å². The van der Waals surface area contributed by atoms with Gasteiger partial charge in [-0.3, -0.25) is 4.68 Å². The average molecular weight is 449 g/mol. The van der Waals surface area contributed by atoms with Gasteiger partial charge < -0.3 is 15.4 Å².